The molecule has 0 bridgehead atoms. The third-order valence-corrected chi connectivity index (χ3v) is 4.40. The quantitative estimate of drug-likeness (QED) is 0.449. The van der Waals surface area contributed by atoms with Crippen molar-refractivity contribution in [3.05, 3.63) is 83.9 Å². The lowest BCUT2D eigenvalue weighted by molar-refractivity contribution is -0.143. The standard InChI is InChI=1S/C21H14F4N4O2/c1-12-26-11-18(31-12)13-2-6-15(7-3-13)28-20(30)17-10-27-29(19(17)21(23,24)25)16-8-4-14(22)5-9-16/h2-11H,1H3,(H,28,30). The second kappa shape index (κ2) is 7.71. The molecule has 0 saturated carbocycles. The van der Waals surface area contributed by atoms with Crippen molar-refractivity contribution in [1.82, 2.24) is 14.8 Å². The van der Waals surface area contributed by atoms with Gasteiger partial charge in [0.05, 0.1) is 23.6 Å². The zero-order valence-corrected chi connectivity index (χ0v) is 15.9. The maximum absolute atomic E-state index is 13.7. The van der Waals surface area contributed by atoms with Gasteiger partial charge < -0.3 is 9.73 Å². The first-order valence-corrected chi connectivity index (χ1v) is 8.98. The maximum Gasteiger partial charge on any atom is 0.434 e. The van der Waals surface area contributed by atoms with Gasteiger partial charge in [-0.1, -0.05) is 0 Å². The van der Waals surface area contributed by atoms with Crippen molar-refractivity contribution in [2.75, 3.05) is 5.32 Å². The highest BCUT2D eigenvalue weighted by atomic mass is 19.4. The van der Waals surface area contributed by atoms with E-state index in [2.05, 4.69) is 15.4 Å². The Kier molecular flexibility index (Phi) is 5.05. The number of carbonyl (C=O) groups excluding carboxylic acids is 1. The summed E-state index contributed by atoms with van der Waals surface area (Å²) in [6.45, 7) is 1.70. The molecule has 0 radical (unpaired) electrons. The molecule has 0 spiro atoms. The van der Waals surface area contributed by atoms with Crippen LogP contribution in [-0.2, 0) is 6.18 Å². The van der Waals surface area contributed by atoms with Gasteiger partial charge in [-0.15, -0.1) is 0 Å². The summed E-state index contributed by atoms with van der Waals surface area (Å²) in [5, 5.41) is 6.13. The second-order valence-corrected chi connectivity index (χ2v) is 6.57. The molecule has 0 aliphatic rings. The van der Waals surface area contributed by atoms with Crippen molar-refractivity contribution in [1.29, 1.82) is 0 Å². The van der Waals surface area contributed by atoms with E-state index in [0.29, 0.717) is 21.9 Å². The van der Waals surface area contributed by atoms with Crippen LogP contribution < -0.4 is 5.32 Å². The number of oxazole rings is 1. The Bertz CT molecular complexity index is 1230. The van der Waals surface area contributed by atoms with E-state index in [4.69, 9.17) is 4.42 Å². The first kappa shape index (κ1) is 20.3. The highest BCUT2D eigenvalue weighted by Gasteiger charge is 2.40. The molecule has 2 heterocycles. The van der Waals surface area contributed by atoms with Crippen LogP contribution in [-0.4, -0.2) is 20.7 Å². The summed E-state index contributed by atoms with van der Waals surface area (Å²) in [5.74, 6) is -0.573. The molecular formula is C21H14F4N4O2. The van der Waals surface area contributed by atoms with Gasteiger partial charge in [-0.3, -0.25) is 4.79 Å². The zero-order chi connectivity index (χ0) is 22.2. The summed E-state index contributed by atoms with van der Waals surface area (Å²) in [6.07, 6.45) is -2.50. The Balaban J connectivity index is 1.62. The molecule has 1 amide bonds. The summed E-state index contributed by atoms with van der Waals surface area (Å²) >= 11 is 0. The smallest absolute Gasteiger partial charge is 0.434 e. The van der Waals surface area contributed by atoms with E-state index in [1.807, 2.05) is 0 Å². The summed E-state index contributed by atoms with van der Waals surface area (Å²) in [7, 11) is 0. The number of hydrogen-bond donors (Lipinski definition) is 1. The van der Waals surface area contributed by atoms with Crippen LogP contribution in [0.3, 0.4) is 0 Å². The van der Waals surface area contributed by atoms with E-state index in [-0.39, 0.29) is 11.4 Å². The van der Waals surface area contributed by atoms with Gasteiger partial charge in [0.15, 0.2) is 17.3 Å². The first-order valence-electron chi connectivity index (χ1n) is 8.98. The maximum atomic E-state index is 13.7. The molecule has 10 heteroatoms. The summed E-state index contributed by atoms with van der Waals surface area (Å²) in [4.78, 5) is 16.6. The average Bonchev–Trinajstić information content (AvgIpc) is 3.36. The number of halogens is 4. The van der Waals surface area contributed by atoms with Gasteiger partial charge in [0.2, 0.25) is 0 Å². The zero-order valence-electron chi connectivity index (χ0n) is 15.9. The monoisotopic (exact) mass is 430 g/mol. The number of amides is 1. The molecule has 2 aromatic heterocycles. The highest BCUT2D eigenvalue weighted by Crippen LogP contribution is 2.34. The topological polar surface area (TPSA) is 73.0 Å². The van der Waals surface area contributed by atoms with Gasteiger partial charge in [-0.2, -0.15) is 18.3 Å². The van der Waals surface area contributed by atoms with Crippen molar-refractivity contribution in [2.24, 2.45) is 0 Å². The molecule has 0 atom stereocenters. The van der Waals surface area contributed by atoms with Crippen LogP contribution in [0.4, 0.5) is 23.2 Å². The van der Waals surface area contributed by atoms with Crippen LogP contribution in [0.15, 0.2) is 65.3 Å². The Morgan fingerprint density at radius 2 is 1.71 bits per heavy atom. The number of benzene rings is 2. The third kappa shape index (κ3) is 4.18. The van der Waals surface area contributed by atoms with E-state index in [0.717, 1.165) is 30.5 Å². The molecule has 6 nitrogen and oxygen atoms in total. The van der Waals surface area contributed by atoms with Crippen molar-refractivity contribution >= 4 is 11.6 Å². The van der Waals surface area contributed by atoms with Crippen molar-refractivity contribution in [3.8, 4) is 17.0 Å². The van der Waals surface area contributed by atoms with E-state index >= 15 is 0 Å². The van der Waals surface area contributed by atoms with Crippen LogP contribution in [0.1, 0.15) is 21.9 Å². The molecule has 1 N–H and O–H groups in total. The largest absolute Gasteiger partial charge is 0.441 e. The number of aromatic nitrogens is 3. The number of rotatable bonds is 4. The number of alkyl halides is 3. The number of nitrogens with one attached hydrogen (secondary N) is 1. The predicted molar refractivity (Wildman–Crippen MR) is 103 cm³/mol. The van der Waals surface area contributed by atoms with Crippen molar-refractivity contribution < 1.29 is 26.8 Å². The Labute approximate surface area is 173 Å². The fourth-order valence-corrected chi connectivity index (χ4v) is 2.98. The van der Waals surface area contributed by atoms with Gasteiger partial charge in [0.25, 0.3) is 5.91 Å². The fraction of sp³-hybridized carbons (Fsp3) is 0.0952. The lowest BCUT2D eigenvalue weighted by atomic mass is 10.1. The molecule has 0 unspecified atom stereocenters. The minimum atomic E-state index is -4.87. The molecule has 31 heavy (non-hydrogen) atoms. The van der Waals surface area contributed by atoms with Crippen molar-refractivity contribution in [2.45, 2.75) is 13.1 Å². The second-order valence-electron chi connectivity index (χ2n) is 6.57. The molecule has 158 valence electrons. The fourth-order valence-electron chi connectivity index (χ4n) is 2.98. The summed E-state index contributed by atoms with van der Waals surface area (Å²) in [6, 6.07) is 10.6. The Morgan fingerprint density at radius 3 is 2.29 bits per heavy atom. The van der Waals surface area contributed by atoms with Crippen LogP contribution in [0, 0.1) is 12.7 Å². The molecular weight excluding hydrogens is 416 g/mol. The van der Waals surface area contributed by atoms with Crippen LogP contribution >= 0.6 is 0 Å². The van der Waals surface area contributed by atoms with Gasteiger partial charge in [0.1, 0.15) is 5.82 Å². The normalized spacial score (nSPS) is 11.5. The minimum Gasteiger partial charge on any atom is -0.441 e. The number of aryl methyl sites for hydroxylation is 1. The molecule has 0 aliphatic carbocycles. The van der Waals surface area contributed by atoms with Gasteiger partial charge in [0, 0.05) is 18.2 Å². The number of anilines is 1. The first-order chi connectivity index (χ1) is 14.7. The Morgan fingerprint density at radius 1 is 1.03 bits per heavy atom. The van der Waals surface area contributed by atoms with Crippen molar-refractivity contribution in [3.63, 3.8) is 0 Å². The highest BCUT2D eigenvalue weighted by molar-refractivity contribution is 6.05. The van der Waals surface area contributed by atoms with Crippen LogP contribution in [0.5, 0.6) is 0 Å². The van der Waals surface area contributed by atoms with Crippen LogP contribution in [0.25, 0.3) is 17.0 Å². The SMILES string of the molecule is Cc1ncc(-c2ccc(NC(=O)c3cnn(-c4ccc(F)cc4)c3C(F)(F)F)cc2)o1. The minimum absolute atomic E-state index is 0.0283. The van der Waals surface area contributed by atoms with E-state index in [9.17, 15) is 22.4 Å². The molecule has 4 aromatic rings. The third-order valence-electron chi connectivity index (χ3n) is 4.40. The summed E-state index contributed by atoms with van der Waals surface area (Å²) < 4.78 is 60.2. The predicted octanol–water partition coefficient (Wildman–Crippen LogP) is 5.25. The number of nitrogens with zero attached hydrogens (tertiary/aromatic N) is 3. The number of carbonyl (C=O) groups is 1. The van der Waals surface area contributed by atoms with Crippen LogP contribution in [0.2, 0.25) is 0 Å². The Hall–Kier alpha value is -3.95. The summed E-state index contributed by atoms with van der Waals surface area (Å²) in [5.41, 5.74) is -0.969. The lowest BCUT2D eigenvalue weighted by Crippen LogP contribution is -2.20. The lowest BCUT2D eigenvalue weighted by Gasteiger charge is -2.13. The molecule has 0 saturated heterocycles. The molecule has 0 aliphatic heterocycles. The van der Waals surface area contributed by atoms with Gasteiger partial charge in [-0.25, -0.2) is 14.1 Å². The molecule has 2 aromatic carbocycles. The average molecular weight is 430 g/mol. The van der Waals surface area contributed by atoms with E-state index in [1.165, 1.54) is 12.1 Å². The van der Waals surface area contributed by atoms with Gasteiger partial charge in [-0.05, 0) is 48.5 Å². The van der Waals surface area contributed by atoms with E-state index in [1.54, 1.807) is 25.3 Å². The molecule has 4 rings (SSSR count). The number of hydrogen-bond acceptors (Lipinski definition) is 4. The molecule has 0 fully saturated rings. The van der Waals surface area contributed by atoms with Gasteiger partial charge >= 0.3 is 6.18 Å². The van der Waals surface area contributed by atoms with E-state index < -0.39 is 29.2 Å².